The molecule has 1 N–H and O–H groups in total. The van der Waals surface area contributed by atoms with Crippen LogP contribution in [0.25, 0.3) is 0 Å². The Labute approximate surface area is 145 Å². The van der Waals surface area contributed by atoms with Crippen LogP contribution in [0.15, 0.2) is 10.7 Å². The molecule has 6 nitrogen and oxygen atoms in total. The molecule has 1 rings (SSSR count). The Balaban J connectivity index is 3.25. The summed E-state index contributed by atoms with van der Waals surface area (Å²) in [6.45, 7) is 4.03. The standard InChI is InChI=1S/C16H24BrNO5/c1-5-6-9-23-13-11(17)10-18-12(14(13)21-3)15(20)16(2,22-4)7-8-19/h10,19H,5-9H2,1-4H3. The summed E-state index contributed by atoms with van der Waals surface area (Å²) in [5, 5.41) is 9.18. The first-order valence-electron chi connectivity index (χ1n) is 7.51. The summed E-state index contributed by atoms with van der Waals surface area (Å²) < 4.78 is 17.0. The van der Waals surface area contributed by atoms with E-state index in [0.29, 0.717) is 16.8 Å². The Morgan fingerprint density at radius 2 is 2.09 bits per heavy atom. The molecule has 0 saturated heterocycles. The molecule has 0 radical (unpaired) electrons. The van der Waals surface area contributed by atoms with Crippen LogP contribution in [0.1, 0.15) is 43.6 Å². The van der Waals surface area contributed by atoms with Gasteiger partial charge in [0.2, 0.25) is 5.78 Å². The third kappa shape index (κ3) is 4.65. The molecule has 0 aliphatic carbocycles. The summed E-state index contributed by atoms with van der Waals surface area (Å²) in [6.07, 6.45) is 3.55. The van der Waals surface area contributed by atoms with Crippen molar-refractivity contribution in [2.75, 3.05) is 27.4 Å². The van der Waals surface area contributed by atoms with Gasteiger partial charge in [0.05, 0.1) is 18.2 Å². The quantitative estimate of drug-likeness (QED) is 0.489. The first-order valence-corrected chi connectivity index (χ1v) is 8.30. The summed E-state index contributed by atoms with van der Waals surface area (Å²) in [5.41, 5.74) is -1.05. The third-order valence-electron chi connectivity index (χ3n) is 3.63. The minimum atomic E-state index is -1.18. The molecule has 7 heteroatoms. The fourth-order valence-electron chi connectivity index (χ4n) is 2.03. The smallest absolute Gasteiger partial charge is 0.216 e. The number of pyridine rings is 1. The van der Waals surface area contributed by atoms with Crippen molar-refractivity contribution in [3.63, 3.8) is 0 Å². The van der Waals surface area contributed by atoms with Gasteiger partial charge in [-0.25, -0.2) is 4.98 Å². The molecule has 0 aliphatic heterocycles. The fraction of sp³-hybridized carbons (Fsp3) is 0.625. The van der Waals surface area contributed by atoms with Gasteiger partial charge in [-0.1, -0.05) is 13.3 Å². The minimum Gasteiger partial charge on any atom is -0.491 e. The summed E-state index contributed by atoms with van der Waals surface area (Å²) in [5.74, 6) is 0.349. The van der Waals surface area contributed by atoms with E-state index in [1.54, 1.807) is 6.92 Å². The SMILES string of the molecule is CCCCOc1c(Br)cnc(C(=O)C(C)(CCO)OC)c1OC. The number of halogens is 1. The highest BCUT2D eigenvalue weighted by molar-refractivity contribution is 9.10. The number of nitrogens with zero attached hydrogens (tertiary/aromatic N) is 1. The Bertz CT molecular complexity index is 537. The second-order valence-electron chi connectivity index (χ2n) is 5.26. The van der Waals surface area contributed by atoms with E-state index in [4.69, 9.17) is 14.2 Å². The number of Topliss-reactive ketones (excluding diaryl/α,β-unsaturated/α-hetero) is 1. The van der Waals surface area contributed by atoms with Crippen LogP contribution in [-0.2, 0) is 4.74 Å². The third-order valence-corrected chi connectivity index (χ3v) is 4.19. The maximum absolute atomic E-state index is 12.8. The van der Waals surface area contributed by atoms with E-state index in [1.807, 2.05) is 0 Å². The molecule has 1 aromatic heterocycles. The van der Waals surface area contributed by atoms with Gasteiger partial charge < -0.3 is 19.3 Å². The number of aromatic nitrogens is 1. The van der Waals surface area contributed by atoms with Crippen LogP contribution in [-0.4, -0.2) is 48.9 Å². The lowest BCUT2D eigenvalue weighted by molar-refractivity contribution is -0.00117. The predicted octanol–water partition coefficient (Wildman–Crippen LogP) is 3.00. The molecule has 130 valence electrons. The summed E-state index contributed by atoms with van der Waals surface area (Å²) in [4.78, 5) is 17.0. The maximum atomic E-state index is 12.8. The zero-order valence-corrected chi connectivity index (χ0v) is 15.6. The van der Waals surface area contributed by atoms with Crippen molar-refractivity contribution >= 4 is 21.7 Å². The van der Waals surface area contributed by atoms with E-state index in [9.17, 15) is 9.90 Å². The zero-order chi connectivity index (χ0) is 17.5. The lowest BCUT2D eigenvalue weighted by Crippen LogP contribution is -2.39. The van der Waals surface area contributed by atoms with Gasteiger partial charge in [0, 0.05) is 26.3 Å². The molecule has 0 spiro atoms. The predicted molar refractivity (Wildman–Crippen MR) is 90.3 cm³/mol. The molecule has 0 fully saturated rings. The molecule has 1 unspecified atom stereocenters. The lowest BCUT2D eigenvalue weighted by atomic mass is 9.93. The van der Waals surface area contributed by atoms with Crippen LogP contribution in [0.2, 0.25) is 0 Å². The Kier molecular flexibility index (Phi) is 7.94. The molecular formula is C16H24BrNO5. The first-order chi connectivity index (χ1) is 10.9. The number of rotatable bonds is 10. The van der Waals surface area contributed by atoms with Gasteiger partial charge in [-0.2, -0.15) is 0 Å². The van der Waals surface area contributed by atoms with E-state index in [2.05, 4.69) is 27.8 Å². The highest BCUT2D eigenvalue weighted by Gasteiger charge is 2.37. The molecule has 1 heterocycles. The molecular weight excluding hydrogens is 366 g/mol. The number of ketones is 1. The van der Waals surface area contributed by atoms with E-state index < -0.39 is 5.60 Å². The van der Waals surface area contributed by atoms with Crippen LogP contribution in [0.3, 0.4) is 0 Å². The van der Waals surface area contributed by atoms with Crippen LogP contribution >= 0.6 is 15.9 Å². The average Bonchev–Trinajstić information content (AvgIpc) is 2.55. The summed E-state index contributed by atoms with van der Waals surface area (Å²) in [6, 6.07) is 0. The van der Waals surface area contributed by atoms with Crippen molar-refractivity contribution in [2.45, 2.75) is 38.7 Å². The molecule has 0 aliphatic rings. The van der Waals surface area contributed by atoms with Gasteiger partial charge in [-0.15, -0.1) is 0 Å². The number of unbranched alkanes of at least 4 members (excludes halogenated alkanes) is 1. The highest BCUT2D eigenvalue weighted by Crippen LogP contribution is 2.39. The van der Waals surface area contributed by atoms with Gasteiger partial charge in [0.1, 0.15) is 5.60 Å². The summed E-state index contributed by atoms with van der Waals surface area (Å²) >= 11 is 3.37. The van der Waals surface area contributed by atoms with Gasteiger partial charge in [-0.05, 0) is 29.3 Å². The normalized spacial score (nSPS) is 13.5. The molecule has 1 atom stereocenters. The van der Waals surface area contributed by atoms with E-state index in [1.165, 1.54) is 20.4 Å². The topological polar surface area (TPSA) is 77.9 Å². The second-order valence-corrected chi connectivity index (χ2v) is 6.11. The van der Waals surface area contributed by atoms with Crippen LogP contribution in [0.5, 0.6) is 11.5 Å². The second kappa shape index (κ2) is 9.20. The van der Waals surface area contributed by atoms with Gasteiger partial charge in [-0.3, -0.25) is 4.79 Å². The van der Waals surface area contributed by atoms with Crippen molar-refractivity contribution in [1.29, 1.82) is 0 Å². The molecule has 1 aromatic rings. The average molecular weight is 390 g/mol. The Morgan fingerprint density at radius 1 is 1.39 bits per heavy atom. The van der Waals surface area contributed by atoms with Crippen LogP contribution in [0.4, 0.5) is 0 Å². The number of carbonyl (C=O) groups is 1. The van der Waals surface area contributed by atoms with Crippen molar-refractivity contribution in [3.8, 4) is 11.5 Å². The van der Waals surface area contributed by atoms with Crippen LogP contribution in [0, 0.1) is 0 Å². The molecule has 23 heavy (non-hydrogen) atoms. The van der Waals surface area contributed by atoms with E-state index >= 15 is 0 Å². The monoisotopic (exact) mass is 389 g/mol. The molecule has 0 saturated carbocycles. The Morgan fingerprint density at radius 3 is 2.61 bits per heavy atom. The molecule has 0 bridgehead atoms. The van der Waals surface area contributed by atoms with Crippen molar-refractivity contribution in [1.82, 2.24) is 4.98 Å². The Hall–Kier alpha value is -1.18. The lowest BCUT2D eigenvalue weighted by Gasteiger charge is -2.26. The number of aliphatic hydroxyl groups is 1. The van der Waals surface area contributed by atoms with Crippen molar-refractivity contribution in [3.05, 3.63) is 16.4 Å². The van der Waals surface area contributed by atoms with Gasteiger partial charge in [0.25, 0.3) is 0 Å². The first kappa shape index (κ1) is 19.9. The van der Waals surface area contributed by atoms with E-state index in [0.717, 1.165) is 12.8 Å². The fourth-order valence-corrected chi connectivity index (χ4v) is 2.43. The maximum Gasteiger partial charge on any atom is 0.216 e. The largest absolute Gasteiger partial charge is 0.491 e. The molecule has 0 aromatic carbocycles. The zero-order valence-electron chi connectivity index (χ0n) is 14.0. The van der Waals surface area contributed by atoms with Gasteiger partial charge in [0.15, 0.2) is 17.2 Å². The molecule has 0 amide bonds. The van der Waals surface area contributed by atoms with Crippen molar-refractivity contribution in [2.24, 2.45) is 0 Å². The number of hydrogen-bond donors (Lipinski definition) is 1. The minimum absolute atomic E-state index is 0.125. The highest BCUT2D eigenvalue weighted by atomic mass is 79.9. The number of methoxy groups -OCH3 is 2. The number of carbonyl (C=O) groups excluding carboxylic acids is 1. The van der Waals surface area contributed by atoms with E-state index in [-0.39, 0.29) is 30.3 Å². The number of ether oxygens (including phenoxy) is 3. The van der Waals surface area contributed by atoms with Crippen molar-refractivity contribution < 1.29 is 24.1 Å². The number of hydrogen-bond acceptors (Lipinski definition) is 6. The summed E-state index contributed by atoms with van der Waals surface area (Å²) in [7, 11) is 2.89. The van der Waals surface area contributed by atoms with Gasteiger partial charge >= 0.3 is 0 Å². The number of aliphatic hydroxyl groups excluding tert-OH is 1. The van der Waals surface area contributed by atoms with Crippen LogP contribution < -0.4 is 9.47 Å².